The van der Waals surface area contributed by atoms with Crippen LogP contribution in [0, 0.1) is 0 Å². The molecule has 0 spiro atoms. The number of carbonyl (C=O) groups is 1. The lowest BCUT2D eigenvalue weighted by atomic mass is 10.2. The Morgan fingerprint density at radius 3 is 2.33 bits per heavy atom. The summed E-state index contributed by atoms with van der Waals surface area (Å²) in [6.07, 6.45) is 2.55. The maximum absolute atomic E-state index is 12.1. The first-order valence-corrected chi connectivity index (χ1v) is 6.62. The number of aliphatic hydroxyl groups excluding tert-OH is 1. The highest BCUT2D eigenvalue weighted by Crippen LogP contribution is 2.20. The number of hydrogen-bond donors (Lipinski definition) is 1. The number of aliphatic hydroxyl groups is 1. The molecule has 1 aromatic carbocycles. The Morgan fingerprint density at radius 2 is 1.78 bits per heavy atom. The molecule has 1 N–H and O–H groups in total. The van der Waals surface area contributed by atoms with Crippen LogP contribution in [0.3, 0.4) is 0 Å². The molecule has 0 atom stereocenters. The van der Waals surface area contributed by atoms with E-state index in [9.17, 15) is 4.79 Å². The summed E-state index contributed by atoms with van der Waals surface area (Å²) in [5.74, 6) is -0.0941. The molecule has 18 heavy (non-hydrogen) atoms. The summed E-state index contributed by atoms with van der Waals surface area (Å²) in [7, 11) is 1.75. The van der Waals surface area contributed by atoms with Crippen molar-refractivity contribution in [2.75, 3.05) is 20.2 Å². The van der Waals surface area contributed by atoms with Crippen LogP contribution in [0.15, 0.2) is 18.2 Å². The number of carbonyl (C=O) groups excluding carboxylic acids is 1. The smallest absolute Gasteiger partial charge is 0.253 e. The van der Waals surface area contributed by atoms with Crippen molar-refractivity contribution in [2.24, 2.45) is 0 Å². The maximum atomic E-state index is 12.1. The molecule has 0 unspecified atom stereocenters. The van der Waals surface area contributed by atoms with Crippen molar-refractivity contribution in [3.8, 4) is 0 Å². The second-order valence-electron chi connectivity index (χ2n) is 4.17. The van der Waals surface area contributed by atoms with Gasteiger partial charge in [-0.05, 0) is 37.5 Å². The van der Waals surface area contributed by atoms with E-state index in [4.69, 9.17) is 28.3 Å². The van der Waals surface area contributed by atoms with Gasteiger partial charge in [0.25, 0.3) is 5.91 Å². The molecule has 0 heterocycles. The predicted molar refractivity (Wildman–Crippen MR) is 74.4 cm³/mol. The molecule has 100 valence electrons. The Hall–Kier alpha value is -0.770. The quantitative estimate of drug-likeness (QED) is 0.817. The monoisotopic (exact) mass is 289 g/mol. The minimum atomic E-state index is -0.0941. The topological polar surface area (TPSA) is 40.5 Å². The fraction of sp³-hybridized carbons (Fsp3) is 0.462. The molecular formula is C13H17Cl2NO2. The van der Waals surface area contributed by atoms with Gasteiger partial charge in [-0.15, -0.1) is 0 Å². The number of amides is 1. The molecule has 0 aromatic heterocycles. The lowest BCUT2D eigenvalue weighted by molar-refractivity contribution is 0.0792. The van der Waals surface area contributed by atoms with E-state index in [-0.39, 0.29) is 12.5 Å². The van der Waals surface area contributed by atoms with E-state index >= 15 is 0 Å². The van der Waals surface area contributed by atoms with Crippen molar-refractivity contribution >= 4 is 29.1 Å². The van der Waals surface area contributed by atoms with Crippen molar-refractivity contribution in [1.82, 2.24) is 4.90 Å². The summed E-state index contributed by atoms with van der Waals surface area (Å²) in [5.41, 5.74) is 0.497. The zero-order valence-corrected chi connectivity index (χ0v) is 11.8. The van der Waals surface area contributed by atoms with Crippen molar-refractivity contribution in [3.05, 3.63) is 33.8 Å². The summed E-state index contributed by atoms with van der Waals surface area (Å²) in [5, 5.41) is 9.59. The molecule has 0 aliphatic carbocycles. The van der Waals surface area contributed by atoms with Crippen LogP contribution in [-0.2, 0) is 0 Å². The second-order valence-corrected chi connectivity index (χ2v) is 5.04. The van der Waals surface area contributed by atoms with Crippen LogP contribution in [0.25, 0.3) is 0 Å². The van der Waals surface area contributed by atoms with Crippen molar-refractivity contribution in [1.29, 1.82) is 0 Å². The predicted octanol–water partition coefficient (Wildman–Crippen LogP) is 3.23. The first-order valence-electron chi connectivity index (χ1n) is 5.87. The largest absolute Gasteiger partial charge is 0.396 e. The van der Waals surface area contributed by atoms with Crippen LogP contribution >= 0.6 is 23.2 Å². The van der Waals surface area contributed by atoms with E-state index < -0.39 is 0 Å². The molecule has 1 amide bonds. The van der Waals surface area contributed by atoms with Gasteiger partial charge in [-0.25, -0.2) is 0 Å². The SMILES string of the molecule is CN(CCCCCO)C(=O)c1cc(Cl)cc(Cl)c1. The van der Waals surface area contributed by atoms with Gasteiger partial charge in [0, 0.05) is 35.8 Å². The van der Waals surface area contributed by atoms with E-state index in [1.807, 2.05) is 0 Å². The van der Waals surface area contributed by atoms with Gasteiger partial charge in [0.2, 0.25) is 0 Å². The summed E-state index contributed by atoms with van der Waals surface area (Å²) in [4.78, 5) is 13.7. The zero-order valence-electron chi connectivity index (χ0n) is 10.3. The lowest BCUT2D eigenvalue weighted by Gasteiger charge is -2.17. The molecule has 0 aliphatic heterocycles. The van der Waals surface area contributed by atoms with Crippen LogP contribution in [-0.4, -0.2) is 36.1 Å². The second kappa shape index (κ2) is 7.62. The van der Waals surface area contributed by atoms with Crippen molar-refractivity contribution in [2.45, 2.75) is 19.3 Å². The minimum absolute atomic E-state index is 0.0941. The van der Waals surface area contributed by atoms with Gasteiger partial charge >= 0.3 is 0 Å². The van der Waals surface area contributed by atoms with E-state index in [2.05, 4.69) is 0 Å². The highest BCUT2D eigenvalue weighted by Gasteiger charge is 2.12. The van der Waals surface area contributed by atoms with E-state index in [1.165, 1.54) is 0 Å². The van der Waals surface area contributed by atoms with E-state index in [1.54, 1.807) is 30.1 Å². The Bertz CT molecular complexity index is 390. The lowest BCUT2D eigenvalue weighted by Crippen LogP contribution is -2.27. The fourth-order valence-electron chi connectivity index (χ4n) is 1.64. The summed E-state index contributed by atoms with van der Waals surface area (Å²) in [6, 6.07) is 4.82. The third-order valence-electron chi connectivity index (χ3n) is 2.61. The summed E-state index contributed by atoms with van der Waals surface area (Å²) < 4.78 is 0. The number of nitrogens with zero attached hydrogens (tertiary/aromatic N) is 1. The van der Waals surface area contributed by atoms with Crippen LogP contribution in [0.1, 0.15) is 29.6 Å². The average Bonchev–Trinajstić information content (AvgIpc) is 2.32. The Kier molecular flexibility index (Phi) is 6.47. The summed E-state index contributed by atoms with van der Waals surface area (Å²) in [6.45, 7) is 0.852. The van der Waals surface area contributed by atoms with E-state index in [0.717, 1.165) is 19.3 Å². The molecule has 0 bridgehead atoms. The average molecular weight is 290 g/mol. The molecule has 5 heteroatoms. The molecule has 0 radical (unpaired) electrons. The number of rotatable bonds is 6. The number of hydrogen-bond acceptors (Lipinski definition) is 2. The van der Waals surface area contributed by atoms with Crippen molar-refractivity contribution < 1.29 is 9.90 Å². The molecular weight excluding hydrogens is 273 g/mol. The summed E-state index contributed by atoms with van der Waals surface area (Å²) >= 11 is 11.7. The third kappa shape index (κ3) is 4.84. The van der Waals surface area contributed by atoms with Crippen LogP contribution < -0.4 is 0 Å². The molecule has 0 saturated heterocycles. The zero-order chi connectivity index (χ0) is 13.5. The van der Waals surface area contributed by atoms with Crippen LogP contribution in [0.4, 0.5) is 0 Å². The highest BCUT2D eigenvalue weighted by molar-refractivity contribution is 6.35. The van der Waals surface area contributed by atoms with E-state index in [0.29, 0.717) is 22.2 Å². The van der Waals surface area contributed by atoms with Crippen molar-refractivity contribution in [3.63, 3.8) is 0 Å². The van der Waals surface area contributed by atoms with Crippen LogP contribution in [0.5, 0.6) is 0 Å². The first-order chi connectivity index (χ1) is 8.54. The molecule has 1 rings (SSSR count). The number of benzene rings is 1. The molecule has 0 fully saturated rings. The van der Waals surface area contributed by atoms with Gasteiger partial charge in [0.15, 0.2) is 0 Å². The standard InChI is InChI=1S/C13H17Cl2NO2/c1-16(5-3-2-4-6-17)13(18)10-7-11(14)9-12(15)8-10/h7-9,17H,2-6H2,1H3. The Balaban J connectivity index is 2.57. The van der Waals surface area contributed by atoms with Gasteiger partial charge in [-0.2, -0.15) is 0 Å². The molecule has 0 aliphatic rings. The first kappa shape index (κ1) is 15.3. The fourth-order valence-corrected chi connectivity index (χ4v) is 2.16. The Morgan fingerprint density at radius 1 is 1.17 bits per heavy atom. The van der Waals surface area contributed by atoms with Gasteiger partial charge in [-0.3, -0.25) is 4.79 Å². The van der Waals surface area contributed by atoms with Gasteiger partial charge in [-0.1, -0.05) is 23.2 Å². The van der Waals surface area contributed by atoms with Crippen LogP contribution in [0.2, 0.25) is 10.0 Å². The maximum Gasteiger partial charge on any atom is 0.253 e. The molecule has 0 saturated carbocycles. The normalized spacial score (nSPS) is 10.4. The number of unbranched alkanes of at least 4 members (excludes halogenated alkanes) is 2. The van der Waals surface area contributed by atoms with Gasteiger partial charge in [0.1, 0.15) is 0 Å². The van der Waals surface area contributed by atoms with Gasteiger partial charge < -0.3 is 10.0 Å². The molecule has 3 nitrogen and oxygen atoms in total. The molecule has 1 aromatic rings. The Labute approximate surface area is 117 Å². The minimum Gasteiger partial charge on any atom is -0.396 e. The third-order valence-corrected chi connectivity index (χ3v) is 3.04. The number of halogens is 2. The van der Waals surface area contributed by atoms with Gasteiger partial charge in [0.05, 0.1) is 0 Å². The highest BCUT2D eigenvalue weighted by atomic mass is 35.5.